The number of para-hydroxylation sites is 1. The molecule has 0 aliphatic heterocycles. The molecule has 7 heteroatoms. The highest BCUT2D eigenvalue weighted by Gasteiger charge is 2.42. The van der Waals surface area contributed by atoms with Crippen LogP contribution >= 0.6 is 0 Å². The van der Waals surface area contributed by atoms with Crippen LogP contribution in [0.2, 0.25) is 0 Å². The predicted molar refractivity (Wildman–Crippen MR) is 100 cm³/mol. The van der Waals surface area contributed by atoms with Gasteiger partial charge < -0.3 is 19.7 Å². The smallest absolute Gasteiger partial charge is 0.332 e. The summed E-state index contributed by atoms with van der Waals surface area (Å²) in [6, 6.07) is 7.43. The number of esters is 1. The first kappa shape index (κ1) is 20.7. The maximum absolute atomic E-state index is 12.6. The van der Waals surface area contributed by atoms with Gasteiger partial charge in [-0.2, -0.15) is 0 Å². The minimum Gasteiger partial charge on any atom is -0.496 e. The van der Waals surface area contributed by atoms with Gasteiger partial charge in [-0.25, -0.2) is 4.79 Å². The van der Waals surface area contributed by atoms with Crippen molar-refractivity contribution in [2.75, 3.05) is 20.8 Å². The molecule has 1 aromatic rings. The van der Waals surface area contributed by atoms with Crippen LogP contribution in [-0.4, -0.2) is 49.0 Å². The Hall–Kier alpha value is -2.57. The normalized spacial score (nSPS) is 15.5. The number of benzene rings is 1. The first-order valence-electron chi connectivity index (χ1n) is 9.20. The van der Waals surface area contributed by atoms with Gasteiger partial charge in [0.2, 0.25) is 5.91 Å². The first-order valence-corrected chi connectivity index (χ1v) is 9.20. The van der Waals surface area contributed by atoms with E-state index in [9.17, 15) is 14.4 Å². The average Bonchev–Trinajstić information content (AvgIpc) is 2.66. The topological polar surface area (TPSA) is 84.9 Å². The lowest BCUT2D eigenvalue weighted by atomic mass is 9.81. The van der Waals surface area contributed by atoms with Crippen LogP contribution in [0.15, 0.2) is 24.3 Å². The molecule has 1 N–H and O–H groups in total. The average molecular weight is 376 g/mol. The van der Waals surface area contributed by atoms with Crippen molar-refractivity contribution >= 4 is 17.8 Å². The molecule has 0 radical (unpaired) electrons. The number of nitrogens with one attached hydrogen (secondary N) is 1. The molecule has 2 rings (SSSR count). The fourth-order valence-electron chi connectivity index (χ4n) is 3.43. The van der Waals surface area contributed by atoms with Gasteiger partial charge in [0.15, 0.2) is 6.61 Å². The summed E-state index contributed by atoms with van der Waals surface area (Å²) >= 11 is 0. The monoisotopic (exact) mass is 376 g/mol. The van der Waals surface area contributed by atoms with Crippen molar-refractivity contribution in [3.63, 3.8) is 0 Å². The molecule has 1 aliphatic carbocycles. The van der Waals surface area contributed by atoms with E-state index in [0.29, 0.717) is 25.1 Å². The van der Waals surface area contributed by atoms with Gasteiger partial charge in [-0.15, -0.1) is 0 Å². The van der Waals surface area contributed by atoms with Crippen LogP contribution < -0.4 is 10.1 Å². The fourth-order valence-corrected chi connectivity index (χ4v) is 3.43. The third-order valence-electron chi connectivity index (χ3n) is 4.87. The highest BCUT2D eigenvalue weighted by atomic mass is 16.5. The largest absolute Gasteiger partial charge is 0.496 e. The Morgan fingerprint density at radius 1 is 1.15 bits per heavy atom. The number of amides is 2. The lowest BCUT2D eigenvalue weighted by molar-refractivity contribution is -0.160. The molecule has 0 unspecified atom stereocenters. The Labute approximate surface area is 160 Å². The number of likely N-dealkylation sites (N-methyl/N-ethyl adjacent to an activating group) is 1. The van der Waals surface area contributed by atoms with Gasteiger partial charge in [0.25, 0.3) is 5.91 Å². The molecule has 0 spiro atoms. The molecule has 0 bridgehead atoms. The molecular weight excluding hydrogens is 348 g/mol. The van der Waals surface area contributed by atoms with Gasteiger partial charge in [-0.3, -0.25) is 9.59 Å². The van der Waals surface area contributed by atoms with E-state index < -0.39 is 11.5 Å². The van der Waals surface area contributed by atoms with E-state index in [0.717, 1.165) is 24.8 Å². The third-order valence-corrected chi connectivity index (χ3v) is 4.87. The summed E-state index contributed by atoms with van der Waals surface area (Å²) in [7, 11) is 3.22. The maximum Gasteiger partial charge on any atom is 0.332 e. The van der Waals surface area contributed by atoms with Crippen LogP contribution in [0.25, 0.3) is 0 Å². The number of hydrogen-bond acceptors (Lipinski definition) is 5. The van der Waals surface area contributed by atoms with E-state index >= 15 is 0 Å². The van der Waals surface area contributed by atoms with Crippen molar-refractivity contribution in [3.8, 4) is 5.75 Å². The molecule has 0 aromatic heterocycles. The Morgan fingerprint density at radius 3 is 2.44 bits per heavy atom. The molecule has 1 aliphatic rings. The van der Waals surface area contributed by atoms with Gasteiger partial charge in [-0.1, -0.05) is 37.5 Å². The number of methoxy groups -OCH3 is 1. The second-order valence-corrected chi connectivity index (χ2v) is 6.96. The number of rotatable bonds is 7. The van der Waals surface area contributed by atoms with E-state index in [4.69, 9.17) is 9.47 Å². The van der Waals surface area contributed by atoms with Gasteiger partial charge in [-0.05, 0) is 18.9 Å². The first-order chi connectivity index (χ1) is 12.9. The van der Waals surface area contributed by atoms with Crippen molar-refractivity contribution in [1.29, 1.82) is 0 Å². The molecule has 0 heterocycles. The molecule has 1 saturated carbocycles. The van der Waals surface area contributed by atoms with Crippen molar-refractivity contribution in [2.45, 2.75) is 51.1 Å². The summed E-state index contributed by atoms with van der Waals surface area (Å²) < 4.78 is 10.6. The maximum atomic E-state index is 12.6. The number of hydrogen-bond donors (Lipinski definition) is 1. The molecule has 0 saturated heterocycles. The highest BCUT2D eigenvalue weighted by molar-refractivity contribution is 5.89. The molecule has 27 heavy (non-hydrogen) atoms. The van der Waals surface area contributed by atoms with Crippen LogP contribution in [0.3, 0.4) is 0 Å². The number of ether oxygens (including phenoxy) is 2. The number of nitrogens with zero attached hydrogens (tertiary/aromatic N) is 1. The van der Waals surface area contributed by atoms with Crippen LogP contribution in [0.4, 0.5) is 0 Å². The molecular formula is C20H28N2O5. The molecule has 1 fully saturated rings. The zero-order valence-corrected chi connectivity index (χ0v) is 16.2. The number of carbonyl (C=O) groups excluding carboxylic acids is 3. The van der Waals surface area contributed by atoms with E-state index in [1.807, 2.05) is 24.3 Å². The van der Waals surface area contributed by atoms with Gasteiger partial charge in [0.1, 0.15) is 11.3 Å². The Balaban J connectivity index is 1.94. The summed E-state index contributed by atoms with van der Waals surface area (Å²) in [6.45, 7) is 1.37. The summed E-state index contributed by atoms with van der Waals surface area (Å²) in [4.78, 5) is 38.0. The van der Waals surface area contributed by atoms with Crippen LogP contribution in [0.1, 0.15) is 44.6 Å². The second kappa shape index (κ2) is 9.39. The van der Waals surface area contributed by atoms with Crippen molar-refractivity contribution < 1.29 is 23.9 Å². The van der Waals surface area contributed by atoms with Crippen LogP contribution in [0, 0.1) is 0 Å². The third kappa shape index (κ3) is 5.45. The standard InChI is InChI=1S/C20H28N2O5/c1-15(23)21-20(11-7-4-8-12-20)19(25)27-14-18(24)22(2)13-16-9-5-6-10-17(16)26-3/h5-6,9-10H,4,7-8,11-14H2,1-3H3,(H,21,23). The van der Waals surface area contributed by atoms with Crippen LogP contribution in [-0.2, 0) is 25.7 Å². The molecule has 7 nitrogen and oxygen atoms in total. The number of carbonyl (C=O) groups is 3. The zero-order valence-electron chi connectivity index (χ0n) is 16.2. The van der Waals surface area contributed by atoms with Gasteiger partial charge >= 0.3 is 5.97 Å². The van der Waals surface area contributed by atoms with Crippen molar-refractivity contribution in [2.24, 2.45) is 0 Å². The molecule has 0 atom stereocenters. The minimum absolute atomic E-state index is 0.270. The van der Waals surface area contributed by atoms with E-state index in [2.05, 4.69) is 5.32 Å². The Kier molecular flexibility index (Phi) is 7.21. The SMILES string of the molecule is COc1ccccc1CN(C)C(=O)COC(=O)C1(NC(C)=O)CCCCC1. The van der Waals surface area contributed by atoms with Crippen LogP contribution in [0.5, 0.6) is 5.75 Å². The summed E-state index contributed by atoms with van der Waals surface area (Å²) in [5, 5.41) is 2.75. The van der Waals surface area contributed by atoms with Gasteiger partial charge in [0, 0.05) is 26.1 Å². The highest BCUT2D eigenvalue weighted by Crippen LogP contribution is 2.29. The molecule has 148 valence electrons. The Morgan fingerprint density at radius 2 is 1.81 bits per heavy atom. The zero-order chi connectivity index (χ0) is 19.9. The summed E-state index contributed by atoms with van der Waals surface area (Å²) in [5.41, 5.74) is -0.143. The molecule has 2 amide bonds. The lowest BCUT2D eigenvalue weighted by Gasteiger charge is -2.35. The van der Waals surface area contributed by atoms with Crippen molar-refractivity contribution in [3.05, 3.63) is 29.8 Å². The van der Waals surface area contributed by atoms with E-state index in [-0.39, 0.29) is 18.4 Å². The Bertz CT molecular complexity index is 683. The van der Waals surface area contributed by atoms with E-state index in [1.165, 1.54) is 11.8 Å². The quantitative estimate of drug-likeness (QED) is 0.736. The summed E-state index contributed by atoms with van der Waals surface area (Å²) in [5.74, 6) is -0.422. The van der Waals surface area contributed by atoms with E-state index in [1.54, 1.807) is 14.2 Å². The predicted octanol–water partition coefficient (Wildman–Crippen LogP) is 2.04. The van der Waals surface area contributed by atoms with Gasteiger partial charge in [0.05, 0.1) is 7.11 Å². The minimum atomic E-state index is -1.01. The van der Waals surface area contributed by atoms with Crippen molar-refractivity contribution in [1.82, 2.24) is 10.2 Å². The lowest BCUT2D eigenvalue weighted by Crippen LogP contribution is -2.56. The second-order valence-electron chi connectivity index (χ2n) is 6.96. The fraction of sp³-hybridized carbons (Fsp3) is 0.550. The summed E-state index contributed by atoms with van der Waals surface area (Å²) in [6.07, 6.45) is 3.79. The molecule has 1 aromatic carbocycles.